The van der Waals surface area contributed by atoms with Gasteiger partial charge in [-0.15, -0.1) is 4.36 Å². The fraction of sp³-hybridized carbons (Fsp3) is 0.381. The Morgan fingerprint density at radius 3 is 1.81 bits per heavy atom. The fourth-order valence-corrected chi connectivity index (χ4v) is 4.67. The van der Waals surface area contributed by atoms with Crippen molar-refractivity contribution in [3.05, 3.63) is 53.1 Å². The molecular formula is C21H30N4O4S2. The first kappa shape index (κ1) is 25.0. The predicted molar refractivity (Wildman–Crippen MR) is 124 cm³/mol. The monoisotopic (exact) mass is 466 g/mol. The minimum absolute atomic E-state index is 0.0547. The third kappa shape index (κ3) is 6.13. The van der Waals surface area contributed by atoms with Gasteiger partial charge >= 0.3 is 6.03 Å². The van der Waals surface area contributed by atoms with E-state index in [4.69, 9.17) is 10.9 Å². The molecule has 0 saturated heterocycles. The van der Waals surface area contributed by atoms with E-state index in [9.17, 15) is 17.4 Å². The van der Waals surface area contributed by atoms with E-state index in [1.807, 2.05) is 39.8 Å². The molecule has 8 nitrogen and oxygen atoms in total. The van der Waals surface area contributed by atoms with Crippen LogP contribution >= 0.6 is 0 Å². The van der Waals surface area contributed by atoms with Crippen LogP contribution < -0.4 is 16.2 Å². The highest BCUT2D eigenvalue weighted by molar-refractivity contribution is 7.92. The summed E-state index contributed by atoms with van der Waals surface area (Å²) in [6.07, 6.45) is 1.06. The highest BCUT2D eigenvalue weighted by Crippen LogP contribution is 2.34. The molecule has 170 valence electrons. The number of rotatable bonds is 6. The van der Waals surface area contributed by atoms with Gasteiger partial charge in [0.25, 0.3) is 0 Å². The average molecular weight is 467 g/mol. The molecule has 31 heavy (non-hydrogen) atoms. The number of sulfone groups is 1. The van der Waals surface area contributed by atoms with Crippen molar-refractivity contribution in [1.29, 1.82) is 0 Å². The third-order valence-electron chi connectivity index (χ3n) is 4.78. The zero-order valence-electron chi connectivity index (χ0n) is 18.4. The van der Waals surface area contributed by atoms with Gasteiger partial charge in [0.05, 0.1) is 9.79 Å². The molecule has 0 aliphatic rings. The Balaban J connectivity index is 2.47. The number of amides is 2. The average Bonchev–Trinajstić information content (AvgIpc) is 2.66. The Morgan fingerprint density at radius 1 is 0.968 bits per heavy atom. The van der Waals surface area contributed by atoms with Crippen LogP contribution in [-0.4, -0.2) is 24.9 Å². The van der Waals surface area contributed by atoms with E-state index in [1.165, 1.54) is 24.3 Å². The highest BCUT2D eigenvalue weighted by Gasteiger charge is 2.19. The molecule has 5 N–H and O–H groups in total. The van der Waals surface area contributed by atoms with Gasteiger partial charge in [-0.3, -0.25) is 0 Å². The highest BCUT2D eigenvalue weighted by atomic mass is 32.2. The van der Waals surface area contributed by atoms with Crippen molar-refractivity contribution in [2.24, 2.45) is 15.2 Å². The fourth-order valence-electron chi connectivity index (χ4n) is 3.11. The molecule has 2 amide bonds. The zero-order chi connectivity index (χ0) is 23.6. The Bertz CT molecular complexity index is 1170. The molecule has 0 saturated carbocycles. The predicted octanol–water partition coefficient (Wildman–Crippen LogP) is 3.73. The number of nitrogens with zero attached hydrogens (tertiary/aromatic N) is 1. The van der Waals surface area contributed by atoms with Crippen LogP contribution in [-0.2, 0) is 26.3 Å². The quantitative estimate of drug-likeness (QED) is 0.594. The molecule has 0 radical (unpaired) electrons. The van der Waals surface area contributed by atoms with Gasteiger partial charge in [0.2, 0.25) is 0 Å². The second-order valence-corrected chi connectivity index (χ2v) is 11.8. The van der Waals surface area contributed by atoms with Crippen molar-refractivity contribution in [1.82, 2.24) is 0 Å². The topological polar surface area (TPSA) is 145 Å². The molecule has 0 aliphatic heterocycles. The largest absolute Gasteiger partial charge is 0.354 e. The standard InChI is InChI=1S/C21H30N4O4S2/c1-13(2)18-10-15(12-22)11-19(14(3)4)20(18)24-21(26)25-31(23,29)17-8-6-16(7-9-17)30(5,27)28/h6-11,13-14H,12,22H2,1-5H3,(H3,23,24,25,26,29). The molecule has 2 aromatic carbocycles. The Hall–Kier alpha value is -2.27. The molecule has 1 atom stereocenters. The van der Waals surface area contributed by atoms with Gasteiger partial charge in [0.1, 0.15) is 9.92 Å². The molecule has 2 aromatic rings. The summed E-state index contributed by atoms with van der Waals surface area (Å²) >= 11 is 0. The van der Waals surface area contributed by atoms with Crippen molar-refractivity contribution in [3.8, 4) is 0 Å². The second kappa shape index (κ2) is 9.47. The number of hydrogen-bond donors (Lipinski definition) is 3. The number of nitrogens with two attached hydrogens (primary N) is 2. The SMILES string of the molecule is CC(C)c1cc(CN)cc(C(C)C)c1NC(=O)N=S(N)(=O)c1ccc(S(C)(=O)=O)cc1. The van der Waals surface area contributed by atoms with E-state index >= 15 is 0 Å². The maximum Gasteiger partial charge on any atom is 0.354 e. The Morgan fingerprint density at radius 2 is 1.42 bits per heavy atom. The molecule has 0 heterocycles. The molecule has 10 heteroatoms. The number of nitrogens with one attached hydrogen (secondary N) is 1. The summed E-state index contributed by atoms with van der Waals surface area (Å²) in [5.74, 6) is 0.204. The van der Waals surface area contributed by atoms with Crippen molar-refractivity contribution in [2.45, 2.75) is 55.9 Å². The van der Waals surface area contributed by atoms with Crippen molar-refractivity contribution >= 4 is 31.5 Å². The van der Waals surface area contributed by atoms with E-state index in [2.05, 4.69) is 9.68 Å². The van der Waals surface area contributed by atoms with Crippen molar-refractivity contribution < 1.29 is 17.4 Å². The van der Waals surface area contributed by atoms with Gasteiger partial charge in [-0.1, -0.05) is 39.8 Å². The summed E-state index contributed by atoms with van der Waals surface area (Å²) in [5.41, 5.74) is 9.19. The molecule has 1 unspecified atom stereocenters. The number of anilines is 1. The molecular weight excluding hydrogens is 436 g/mol. The number of benzene rings is 2. The van der Waals surface area contributed by atoms with Crippen LogP contribution in [0.2, 0.25) is 0 Å². The van der Waals surface area contributed by atoms with E-state index in [0.29, 0.717) is 12.2 Å². The lowest BCUT2D eigenvalue weighted by Gasteiger charge is -2.21. The van der Waals surface area contributed by atoms with E-state index in [-0.39, 0.29) is 21.6 Å². The molecule has 2 rings (SSSR count). The lowest BCUT2D eigenvalue weighted by Crippen LogP contribution is -2.19. The van der Waals surface area contributed by atoms with Crippen LogP contribution in [0.1, 0.15) is 56.2 Å². The van der Waals surface area contributed by atoms with Gasteiger partial charge in [-0.05, 0) is 52.8 Å². The first-order valence-electron chi connectivity index (χ1n) is 9.79. The number of urea groups is 1. The molecule has 0 bridgehead atoms. The molecule has 0 aliphatic carbocycles. The molecule has 0 spiro atoms. The summed E-state index contributed by atoms with van der Waals surface area (Å²) in [7, 11) is -6.99. The van der Waals surface area contributed by atoms with Gasteiger partial charge in [0.15, 0.2) is 9.84 Å². The smallest absolute Gasteiger partial charge is 0.326 e. The van der Waals surface area contributed by atoms with Crippen LogP contribution in [0.15, 0.2) is 50.6 Å². The molecule has 0 fully saturated rings. The maximum atomic E-state index is 12.9. The van der Waals surface area contributed by atoms with Gasteiger partial charge in [-0.25, -0.2) is 22.6 Å². The van der Waals surface area contributed by atoms with E-state index in [0.717, 1.165) is 22.9 Å². The summed E-state index contributed by atoms with van der Waals surface area (Å²) in [6.45, 7) is 8.38. The summed E-state index contributed by atoms with van der Waals surface area (Å²) in [5, 5.41) is 8.58. The van der Waals surface area contributed by atoms with Crippen molar-refractivity contribution in [3.63, 3.8) is 0 Å². The van der Waals surface area contributed by atoms with Gasteiger partial charge in [0, 0.05) is 18.5 Å². The summed E-state index contributed by atoms with van der Waals surface area (Å²) in [4.78, 5) is 12.8. The second-order valence-electron chi connectivity index (χ2n) is 8.00. The van der Waals surface area contributed by atoms with Gasteiger partial charge < -0.3 is 11.1 Å². The zero-order valence-corrected chi connectivity index (χ0v) is 20.0. The lowest BCUT2D eigenvalue weighted by molar-refractivity contribution is 0.260. The molecule has 0 aromatic heterocycles. The number of carbonyl (C=O) groups is 1. The van der Waals surface area contributed by atoms with E-state index in [1.54, 1.807) is 0 Å². The first-order chi connectivity index (χ1) is 14.3. The Kier molecular flexibility index (Phi) is 7.64. The van der Waals surface area contributed by atoms with Crippen LogP contribution in [0.3, 0.4) is 0 Å². The summed E-state index contributed by atoms with van der Waals surface area (Å²) < 4.78 is 39.8. The van der Waals surface area contributed by atoms with Crippen LogP contribution in [0, 0.1) is 0 Å². The Labute approximate surface area is 184 Å². The number of carbonyl (C=O) groups excluding carboxylic acids is 1. The van der Waals surface area contributed by atoms with Crippen molar-refractivity contribution in [2.75, 3.05) is 11.6 Å². The minimum atomic E-state index is -3.57. The lowest BCUT2D eigenvalue weighted by atomic mass is 9.90. The van der Waals surface area contributed by atoms with E-state index < -0.39 is 25.8 Å². The maximum absolute atomic E-state index is 12.9. The van der Waals surface area contributed by atoms with Crippen LogP contribution in [0.4, 0.5) is 10.5 Å². The van der Waals surface area contributed by atoms with Gasteiger partial charge in [-0.2, -0.15) is 0 Å². The van der Waals surface area contributed by atoms with Crippen LogP contribution in [0.25, 0.3) is 0 Å². The summed E-state index contributed by atoms with van der Waals surface area (Å²) in [6, 6.07) is 8.19. The minimum Gasteiger partial charge on any atom is -0.326 e. The number of hydrogen-bond acceptors (Lipinski definition) is 5. The van der Waals surface area contributed by atoms with Crippen LogP contribution in [0.5, 0.6) is 0 Å². The first-order valence-corrected chi connectivity index (χ1v) is 13.3. The third-order valence-corrected chi connectivity index (χ3v) is 7.29. The normalized spacial score (nSPS) is 13.8.